The van der Waals surface area contributed by atoms with Gasteiger partial charge in [-0.05, 0) is 55.5 Å². The molecule has 2 aromatic carbocycles. The van der Waals surface area contributed by atoms with Crippen molar-refractivity contribution in [1.82, 2.24) is 5.32 Å². The van der Waals surface area contributed by atoms with Gasteiger partial charge in [0.15, 0.2) is 5.78 Å². The lowest BCUT2D eigenvalue weighted by atomic mass is 9.68. The van der Waals surface area contributed by atoms with Gasteiger partial charge in [-0.25, -0.2) is 9.18 Å². The molecule has 1 unspecified atom stereocenters. The zero-order valence-electron chi connectivity index (χ0n) is 21.7. The topological polar surface area (TPSA) is 73.9 Å². The molecule has 37 heavy (non-hydrogen) atoms. The monoisotopic (exact) mass is 527 g/mol. The van der Waals surface area contributed by atoms with Gasteiger partial charge in [0.1, 0.15) is 23.9 Å². The highest BCUT2D eigenvalue weighted by molar-refractivity contribution is 6.30. The lowest BCUT2D eigenvalue weighted by Gasteiger charge is -2.39. The molecule has 0 amide bonds. The molecule has 6 nitrogen and oxygen atoms in total. The van der Waals surface area contributed by atoms with E-state index in [0.29, 0.717) is 46.7 Å². The molecule has 1 N–H and O–H groups in total. The molecule has 0 aromatic heterocycles. The Morgan fingerprint density at radius 1 is 1.19 bits per heavy atom. The maximum absolute atomic E-state index is 13.6. The largest absolute Gasteiger partial charge is 0.496 e. The second-order valence-corrected chi connectivity index (χ2v) is 10.5. The number of ketones is 1. The van der Waals surface area contributed by atoms with Crippen LogP contribution in [0.5, 0.6) is 11.5 Å². The van der Waals surface area contributed by atoms with Crippen molar-refractivity contribution in [2.75, 3.05) is 13.7 Å². The minimum Gasteiger partial charge on any atom is -0.496 e. The normalized spacial score (nSPS) is 18.8. The van der Waals surface area contributed by atoms with Crippen molar-refractivity contribution in [1.29, 1.82) is 0 Å². The standard InChI is InChI=1S/C29H31ClFNO5/c1-6-36-28(34)25-16(2)32-22-13-29(3,4)14-23(33)27(22)26(25)17-7-10-24(35-5)18(11-17)15-37-19-8-9-21(31)20(30)12-19/h7-12,26,32H,6,13-15H2,1-5H3. The highest BCUT2D eigenvalue weighted by atomic mass is 35.5. The van der Waals surface area contributed by atoms with Crippen LogP contribution in [0.25, 0.3) is 0 Å². The van der Waals surface area contributed by atoms with E-state index in [1.54, 1.807) is 20.1 Å². The number of Topliss-reactive ketones (excluding diaryl/α,β-unsaturated/α-hetero) is 1. The van der Waals surface area contributed by atoms with Crippen LogP contribution in [0.2, 0.25) is 5.02 Å². The Morgan fingerprint density at radius 2 is 1.95 bits per heavy atom. The van der Waals surface area contributed by atoms with Crippen LogP contribution in [-0.4, -0.2) is 25.5 Å². The number of dihydropyridines is 1. The van der Waals surface area contributed by atoms with Crippen LogP contribution in [0.1, 0.15) is 57.6 Å². The third-order valence-electron chi connectivity index (χ3n) is 6.66. The number of esters is 1. The van der Waals surface area contributed by atoms with Crippen LogP contribution in [0.4, 0.5) is 4.39 Å². The van der Waals surface area contributed by atoms with Gasteiger partial charge in [-0.1, -0.05) is 31.5 Å². The summed E-state index contributed by atoms with van der Waals surface area (Å²) in [5.41, 5.74) is 3.77. The van der Waals surface area contributed by atoms with Crippen LogP contribution < -0.4 is 14.8 Å². The first kappa shape index (κ1) is 26.7. The Hall–Kier alpha value is -3.32. The molecule has 1 aliphatic carbocycles. The summed E-state index contributed by atoms with van der Waals surface area (Å²) in [5.74, 6) is -0.599. The fourth-order valence-electron chi connectivity index (χ4n) is 5.07. The van der Waals surface area contributed by atoms with Gasteiger partial charge >= 0.3 is 5.97 Å². The van der Waals surface area contributed by atoms with E-state index in [2.05, 4.69) is 19.2 Å². The van der Waals surface area contributed by atoms with Gasteiger partial charge in [0.2, 0.25) is 0 Å². The third-order valence-corrected chi connectivity index (χ3v) is 6.95. The smallest absolute Gasteiger partial charge is 0.336 e. The fourth-order valence-corrected chi connectivity index (χ4v) is 5.24. The molecule has 196 valence electrons. The number of methoxy groups -OCH3 is 1. The van der Waals surface area contributed by atoms with Crippen LogP contribution in [0.15, 0.2) is 58.9 Å². The zero-order chi connectivity index (χ0) is 26.9. The van der Waals surface area contributed by atoms with Crippen LogP contribution in [-0.2, 0) is 20.9 Å². The van der Waals surface area contributed by atoms with E-state index < -0.39 is 17.7 Å². The van der Waals surface area contributed by atoms with Gasteiger partial charge in [0.25, 0.3) is 0 Å². The van der Waals surface area contributed by atoms with Gasteiger partial charge in [0, 0.05) is 40.9 Å². The summed E-state index contributed by atoms with van der Waals surface area (Å²) >= 11 is 5.89. The summed E-state index contributed by atoms with van der Waals surface area (Å²) < 4.78 is 30.4. The van der Waals surface area contributed by atoms with Crippen molar-refractivity contribution in [2.45, 2.75) is 53.1 Å². The highest BCUT2D eigenvalue weighted by Crippen LogP contribution is 2.47. The number of allylic oxidation sites excluding steroid dienone is 3. The Kier molecular flexibility index (Phi) is 7.64. The number of hydrogen-bond donors (Lipinski definition) is 1. The second-order valence-electron chi connectivity index (χ2n) is 10.1. The molecule has 0 saturated carbocycles. The van der Waals surface area contributed by atoms with Gasteiger partial charge in [-0.3, -0.25) is 4.79 Å². The Bertz CT molecular complexity index is 1310. The molecular formula is C29H31ClFNO5. The molecular weight excluding hydrogens is 497 g/mol. The lowest BCUT2D eigenvalue weighted by molar-refractivity contribution is -0.138. The molecule has 0 fully saturated rings. The van der Waals surface area contributed by atoms with Crippen molar-refractivity contribution in [2.24, 2.45) is 5.41 Å². The van der Waals surface area contributed by atoms with Crippen molar-refractivity contribution in [3.05, 3.63) is 80.9 Å². The first-order valence-corrected chi connectivity index (χ1v) is 12.6. The zero-order valence-corrected chi connectivity index (χ0v) is 22.4. The predicted octanol–water partition coefficient (Wildman–Crippen LogP) is 6.23. The molecule has 1 heterocycles. The van der Waals surface area contributed by atoms with Crippen LogP contribution in [0.3, 0.4) is 0 Å². The van der Waals surface area contributed by atoms with Crippen molar-refractivity contribution < 1.29 is 28.2 Å². The molecule has 1 aliphatic heterocycles. The van der Waals surface area contributed by atoms with E-state index in [-0.39, 0.29) is 29.4 Å². The average Bonchev–Trinajstić information content (AvgIpc) is 2.83. The summed E-state index contributed by atoms with van der Waals surface area (Å²) in [6.07, 6.45) is 1.08. The lowest BCUT2D eigenvalue weighted by Crippen LogP contribution is -2.38. The average molecular weight is 528 g/mol. The number of ether oxygens (including phenoxy) is 3. The third kappa shape index (κ3) is 5.52. The van der Waals surface area contributed by atoms with Gasteiger partial charge in [0.05, 0.1) is 24.3 Å². The minimum absolute atomic E-state index is 0.00706. The van der Waals surface area contributed by atoms with E-state index in [9.17, 15) is 14.0 Å². The first-order chi connectivity index (χ1) is 17.5. The number of rotatable bonds is 7. The van der Waals surface area contributed by atoms with Crippen LogP contribution >= 0.6 is 11.6 Å². The molecule has 0 radical (unpaired) electrons. The molecule has 0 spiro atoms. The van der Waals surface area contributed by atoms with Gasteiger partial charge in [-0.2, -0.15) is 0 Å². The van der Waals surface area contributed by atoms with E-state index >= 15 is 0 Å². The molecule has 0 bridgehead atoms. The predicted molar refractivity (Wildman–Crippen MR) is 139 cm³/mol. The van der Waals surface area contributed by atoms with E-state index in [1.165, 1.54) is 18.2 Å². The number of nitrogens with one attached hydrogen (secondary N) is 1. The van der Waals surface area contributed by atoms with E-state index in [4.69, 9.17) is 25.8 Å². The van der Waals surface area contributed by atoms with Crippen LogP contribution in [0, 0.1) is 11.2 Å². The fraction of sp³-hybridized carbons (Fsp3) is 0.379. The first-order valence-electron chi connectivity index (χ1n) is 12.2. The molecule has 2 aromatic rings. The second kappa shape index (κ2) is 10.6. The molecule has 8 heteroatoms. The summed E-state index contributed by atoms with van der Waals surface area (Å²) in [4.78, 5) is 26.6. The molecule has 2 aliphatic rings. The Balaban J connectivity index is 1.78. The maximum atomic E-state index is 13.6. The quantitative estimate of drug-likeness (QED) is 0.430. The highest BCUT2D eigenvalue weighted by Gasteiger charge is 2.43. The SMILES string of the molecule is CCOC(=O)C1=C(C)NC2=C(C(=O)CC(C)(C)C2)C1c1ccc(OC)c(COc2ccc(F)c(Cl)c2)c1. The van der Waals surface area contributed by atoms with Crippen molar-refractivity contribution in [3.63, 3.8) is 0 Å². The van der Waals surface area contributed by atoms with Crippen molar-refractivity contribution >= 4 is 23.4 Å². The summed E-state index contributed by atoms with van der Waals surface area (Å²) in [5, 5.41) is 3.30. The number of benzene rings is 2. The minimum atomic E-state index is -0.594. The maximum Gasteiger partial charge on any atom is 0.336 e. The Morgan fingerprint density at radius 3 is 2.62 bits per heavy atom. The summed E-state index contributed by atoms with van der Waals surface area (Å²) in [6.45, 7) is 8.04. The molecule has 4 rings (SSSR count). The van der Waals surface area contributed by atoms with Crippen molar-refractivity contribution in [3.8, 4) is 11.5 Å². The number of carbonyl (C=O) groups is 2. The Labute approximate surface area is 221 Å². The van der Waals surface area contributed by atoms with E-state index in [1.807, 2.05) is 19.1 Å². The summed E-state index contributed by atoms with van der Waals surface area (Å²) in [7, 11) is 1.55. The van der Waals surface area contributed by atoms with Gasteiger partial charge < -0.3 is 19.5 Å². The molecule has 0 saturated heterocycles. The van der Waals surface area contributed by atoms with Gasteiger partial charge in [-0.15, -0.1) is 0 Å². The number of carbonyl (C=O) groups excluding carboxylic acids is 2. The number of hydrogen-bond acceptors (Lipinski definition) is 6. The summed E-state index contributed by atoms with van der Waals surface area (Å²) in [6, 6.07) is 9.67. The van der Waals surface area contributed by atoms with E-state index in [0.717, 1.165) is 11.3 Å². The number of halogens is 2. The molecule has 1 atom stereocenters.